The molecule has 28 heavy (non-hydrogen) atoms. The number of ether oxygens (including phenoxy) is 1. The summed E-state index contributed by atoms with van der Waals surface area (Å²) in [5.74, 6) is 0.266. The summed E-state index contributed by atoms with van der Waals surface area (Å²) in [5, 5.41) is 2.78. The Hall–Kier alpha value is -2.38. The molecule has 152 valence electrons. The van der Waals surface area contributed by atoms with Gasteiger partial charge in [0.25, 0.3) is 5.91 Å². The largest absolute Gasteiger partial charge is 0.484 e. The highest BCUT2D eigenvalue weighted by atomic mass is 32.2. The number of aryl methyl sites for hydroxylation is 2. The molecule has 0 aromatic heterocycles. The van der Waals surface area contributed by atoms with Gasteiger partial charge < -0.3 is 10.1 Å². The van der Waals surface area contributed by atoms with Crippen molar-refractivity contribution in [2.75, 3.05) is 25.0 Å². The van der Waals surface area contributed by atoms with Gasteiger partial charge in [0.05, 0.1) is 4.90 Å². The molecule has 0 saturated heterocycles. The molecule has 0 atom stereocenters. The first kappa shape index (κ1) is 21.9. The first-order valence-electron chi connectivity index (χ1n) is 9.29. The molecule has 0 bridgehead atoms. The van der Waals surface area contributed by atoms with Gasteiger partial charge in [-0.3, -0.25) is 4.79 Å². The fourth-order valence-corrected chi connectivity index (χ4v) is 4.43. The molecular weight excluding hydrogens is 376 g/mol. The minimum atomic E-state index is -3.61. The Labute approximate surface area is 167 Å². The zero-order chi connectivity index (χ0) is 20.9. The van der Waals surface area contributed by atoms with Crippen molar-refractivity contribution in [3.05, 3.63) is 53.1 Å². The fourth-order valence-electron chi connectivity index (χ4n) is 2.86. The predicted molar refractivity (Wildman–Crippen MR) is 111 cm³/mol. The van der Waals surface area contributed by atoms with Gasteiger partial charge in [0.2, 0.25) is 10.0 Å². The molecule has 0 radical (unpaired) electrons. The van der Waals surface area contributed by atoms with Crippen LogP contribution in [-0.4, -0.2) is 38.3 Å². The molecule has 1 amide bonds. The Morgan fingerprint density at radius 2 is 1.75 bits per heavy atom. The zero-order valence-corrected chi connectivity index (χ0v) is 17.9. The van der Waals surface area contributed by atoms with Crippen molar-refractivity contribution in [2.24, 2.45) is 0 Å². The Morgan fingerprint density at radius 1 is 1.07 bits per heavy atom. The van der Waals surface area contributed by atoms with E-state index in [1.807, 2.05) is 39.0 Å². The summed E-state index contributed by atoms with van der Waals surface area (Å²) in [7, 11) is -3.61. The minimum absolute atomic E-state index is 0.158. The van der Waals surface area contributed by atoms with E-state index in [1.165, 1.54) is 10.4 Å². The molecule has 0 saturated carbocycles. The molecule has 0 aliphatic carbocycles. The van der Waals surface area contributed by atoms with E-state index in [-0.39, 0.29) is 17.4 Å². The van der Waals surface area contributed by atoms with E-state index in [0.29, 0.717) is 24.5 Å². The van der Waals surface area contributed by atoms with Crippen LogP contribution in [0, 0.1) is 20.8 Å². The molecule has 0 spiro atoms. The van der Waals surface area contributed by atoms with Crippen LogP contribution in [0.15, 0.2) is 41.3 Å². The van der Waals surface area contributed by atoms with E-state index >= 15 is 0 Å². The molecular formula is C21H28N2O4S. The number of carbonyl (C=O) groups excluding carboxylic acids is 1. The summed E-state index contributed by atoms with van der Waals surface area (Å²) in [4.78, 5) is 12.5. The van der Waals surface area contributed by atoms with Crippen LogP contribution in [0.4, 0.5) is 5.69 Å². The first-order chi connectivity index (χ1) is 13.2. The number of amides is 1. The van der Waals surface area contributed by atoms with Gasteiger partial charge in [0.1, 0.15) is 5.75 Å². The number of hydrogen-bond acceptors (Lipinski definition) is 4. The standard InChI is InChI=1S/C21H28N2O4S/c1-6-23(7-2)28(25,26)19-12-16(4)17(5)20(13-19)22-21(24)14-27-18-10-8-9-15(3)11-18/h8-13H,6-7,14H2,1-5H3,(H,22,24). The number of rotatable bonds is 8. The number of hydrogen-bond donors (Lipinski definition) is 1. The number of sulfonamides is 1. The van der Waals surface area contributed by atoms with Crippen LogP contribution in [0.5, 0.6) is 5.75 Å². The van der Waals surface area contributed by atoms with Gasteiger partial charge in [-0.15, -0.1) is 0 Å². The Balaban J connectivity index is 2.21. The van der Waals surface area contributed by atoms with Crippen LogP contribution in [0.25, 0.3) is 0 Å². The number of nitrogens with one attached hydrogen (secondary N) is 1. The van der Waals surface area contributed by atoms with E-state index in [1.54, 1.807) is 26.0 Å². The van der Waals surface area contributed by atoms with E-state index in [9.17, 15) is 13.2 Å². The second-order valence-electron chi connectivity index (χ2n) is 6.66. The quantitative estimate of drug-likeness (QED) is 0.728. The average molecular weight is 405 g/mol. The van der Waals surface area contributed by atoms with Gasteiger partial charge in [-0.25, -0.2) is 8.42 Å². The van der Waals surface area contributed by atoms with Crippen molar-refractivity contribution >= 4 is 21.6 Å². The highest BCUT2D eigenvalue weighted by Gasteiger charge is 2.23. The van der Waals surface area contributed by atoms with Crippen molar-refractivity contribution in [2.45, 2.75) is 39.5 Å². The molecule has 0 aliphatic heterocycles. The lowest BCUT2D eigenvalue weighted by Crippen LogP contribution is -2.31. The molecule has 0 heterocycles. The highest BCUT2D eigenvalue weighted by Crippen LogP contribution is 2.26. The van der Waals surface area contributed by atoms with Crippen LogP contribution in [0.2, 0.25) is 0 Å². The number of anilines is 1. The lowest BCUT2D eigenvalue weighted by atomic mass is 10.1. The lowest BCUT2D eigenvalue weighted by Gasteiger charge is -2.20. The lowest BCUT2D eigenvalue weighted by molar-refractivity contribution is -0.118. The van der Waals surface area contributed by atoms with Gasteiger partial charge >= 0.3 is 0 Å². The minimum Gasteiger partial charge on any atom is -0.484 e. The monoisotopic (exact) mass is 404 g/mol. The fraction of sp³-hybridized carbons (Fsp3) is 0.381. The highest BCUT2D eigenvalue weighted by molar-refractivity contribution is 7.89. The summed E-state index contributed by atoms with van der Waals surface area (Å²) in [6, 6.07) is 10.6. The van der Waals surface area contributed by atoms with E-state index in [2.05, 4.69) is 5.32 Å². The number of benzene rings is 2. The topological polar surface area (TPSA) is 75.7 Å². The van der Waals surface area contributed by atoms with Crippen molar-refractivity contribution < 1.29 is 17.9 Å². The molecule has 1 N–H and O–H groups in total. The Morgan fingerprint density at radius 3 is 2.36 bits per heavy atom. The third kappa shape index (κ3) is 5.11. The zero-order valence-electron chi connectivity index (χ0n) is 17.1. The van der Waals surface area contributed by atoms with Crippen molar-refractivity contribution in [3.8, 4) is 5.75 Å². The van der Waals surface area contributed by atoms with Crippen LogP contribution in [0.3, 0.4) is 0 Å². The molecule has 0 fully saturated rings. The summed E-state index contributed by atoms with van der Waals surface area (Å²) in [5.41, 5.74) is 3.13. The molecule has 2 aromatic carbocycles. The van der Waals surface area contributed by atoms with Crippen LogP contribution < -0.4 is 10.1 Å². The Kier molecular flexibility index (Phi) is 7.21. The maximum absolute atomic E-state index is 12.8. The average Bonchev–Trinajstić information content (AvgIpc) is 2.64. The van der Waals surface area contributed by atoms with Crippen LogP contribution in [0.1, 0.15) is 30.5 Å². The normalized spacial score (nSPS) is 11.5. The van der Waals surface area contributed by atoms with Crippen LogP contribution in [-0.2, 0) is 14.8 Å². The van der Waals surface area contributed by atoms with Crippen LogP contribution >= 0.6 is 0 Å². The van der Waals surface area contributed by atoms with Gasteiger partial charge in [-0.1, -0.05) is 26.0 Å². The summed E-state index contributed by atoms with van der Waals surface area (Å²) < 4.78 is 32.6. The van der Waals surface area contributed by atoms with Gasteiger partial charge in [-0.05, 0) is 61.7 Å². The molecule has 6 nitrogen and oxygen atoms in total. The maximum atomic E-state index is 12.8. The summed E-state index contributed by atoms with van der Waals surface area (Å²) in [6.45, 7) is 9.84. The first-order valence-corrected chi connectivity index (χ1v) is 10.7. The van der Waals surface area contributed by atoms with E-state index < -0.39 is 10.0 Å². The van der Waals surface area contributed by atoms with Gasteiger partial charge in [-0.2, -0.15) is 4.31 Å². The van der Waals surface area contributed by atoms with E-state index in [4.69, 9.17) is 4.74 Å². The molecule has 0 aliphatic rings. The molecule has 0 unspecified atom stereocenters. The second-order valence-corrected chi connectivity index (χ2v) is 8.59. The SMILES string of the molecule is CCN(CC)S(=O)(=O)c1cc(C)c(C)c(NC(=O)COc2cccc(C)c2)c1. The summed E-state index contributed by atoms with van der Waals surface area (Å²) >= 11 is 0. The number of nitrogens with zero attached hydrogens (tertiary/aromatic N) is 1. The Bertz CT molecular complexity index is 951. The van der Waals surface area contributed by atoms with Crippen molar-refractivity contribution in [3.63, 3.8) is 0 Å². The molecule has 7 heteroatoms. The van der Waals surface area contributed by atoms with Crippen molar-refractivity contribution in [1.29, 1.82) is 0 Å². The third-order valence-electron chi connectivity index (χ3n) is 4.62. The van der Waals surface area contributed by atoms with Gasteiger partial charge in [0.15, 0.2) is 6.61 Å². The summed E-state index contributed by atoms with van der Waals surface area (Å²) in [6.07, 6.45) is 0. The van der Waals surface area contributed by atoms with Crippen molar-refractivity contribution in [1.82, 2.24) is 4.31 Å². The van der Waals surface area contributed by atoms with Gasteiger partial charge in [0, 0.05) is 18.8 Å². The van der Waals surface area contributed by atoms with E-state index in [0.717, 1.165) is 16.7 Å². The maximum Gasteiger partial charge on any atom is 0.262 e. The number of carbonyl (C=O) groups is 1. The second kappa shape index (κ2) is 9.21. The molecule has 2 rings (SSSR count). The smallest absolute Gasteiger partial charge is 0.262 e. The predicted octanol–water partition coefficient (Wildman–Crippen LogP) is 3.66. The third-order valence-corrected chi connectivity index (χ3v) is 6.65. The molecule has 2 aromatic rings.